The van der Waals surface area contributed by atoms with Gasteiger partial charge in [-0.3, -0.25) is 14.4 Å². The van der Waals surface area contributed by atoms with Gasteiger partial charge in [-0.25, -0.2) is 4.39 Å². The molecule has 0 radical (unpaired) electrons. The second-order valence-corrected chi connectivity index (χ2v) is 9.20. The molecule has 0 aliphatic carbocycles. The van der Waals surface area contributed by atoms with Gasteiger partial charge in [-0.2, -0.15) is 5.10 Å². The zero-order chi connectivity index (χ0) is 22.2. The number of fused-ring (bicyclic) bond motifs is 3. The normalized spacial score (nSPS) is 24.5. The molecule has 3 fully saturated rings. The minimum absolute atomic E-state index is 0.000212. The van der Waals surface area contributed by atoms with Crippen LogP contribution in [-0.4, -0.2) is 46.3 Å². The molecule has 0 saturated carbocycles. The summed E-state index contributed by atoms with van der Waals surface area (Å²) in [7, 11) is 2.00. The third-order valence-electron chi connectivity index (χ3n) is 7.13. The standard InChI is InChI=1S/C26H29FN4O/c1-17-3-5-19(6-4-17)26(32)28-15-22-13-20-11-12-31(22)16-23(20)25-14-24(29-30(25)2)18-7-9-21(27)10-8-18/h3-10,14,20,22-23H,11-13,15-16H2,1-2H3,(H,28,32)/t20-,22+,23-/m0/s1. The lowest BCUT2D eigenvalue weighted by Crippen LogP contribution is -2.56. The van der Waals surface area contributed by atoms with Crippen molar-refractivity contribution in [1.82, 2.24) is 20.0 Å². The number of piperidine rings is 3. The molecule has 6 heteroatoms. The number of carbonyl (C=O) groups excluding carboxylic acids is 1. The Morgan fingerprint density at radius 3 is 2.59 bits per heavy atom. The van der Waals surface area contributed by atoms with E-state index in [9.17, 15) is 9.18 Å². The van der Waals surface area contributed by atoms with Crippen molar-refractivity contribution in [3.63, 3.8) is 0 Å². The van der Waals surface area contributed by atoms with Gasteiger partial charge in [0.05, 0.1) is 5.69 Å². The van der Waals surface area contributed by atoms with E-state index >= 15 is 0 Å². The molecule has 3 aliphatic rings. The lowest BCUT2D eigenvalue weighted by molar-refractivity contribution is 0.0280. The van der Waals surface area contributed by atoms with Gasteiger partial charge in [-0.15, -0.1) is 0 Å². The van der Waals surface area contributed by atoms with Gasteiger partial charge >= 0.3 is 0 Å². The van der Waals surface area contributed by atoms with E-state index in [1.807, 2.05) is 42.9 Å². The third-order valence-corrected chi connectivity index (χ3v) is 7.13. The highest BCUT2D eigenvalue weighted by molar-refractivity contribution is 5.94. The van der Waals surface area contributed by atoms with Crippen molar-refractivity contribution in [3.8, 4) is 11.3 Å². The molecule has 1 unspecified atom stereocenters. The molecule has 5 nitrogen and oxygen atoms in total. The number of hydrogen-bond donors (Lipinski definition) is 1. The number of amides is 1. The Balaban J connectivity index is 1.25. The number of aromatic nitrogens is 2. The lowest BCUT2D eigenvalue weighted by atomic mass is 9.74. The number of nitrogens with one attached hydrogen (secondary N) is 1. The zero-order valence-corrected chi connectivity index (χ0v) is 18.6. The Labute approximate surface area is 188 Å². The first kappa shape index (κ1) is 20.9. The van der Waals surface area contributed by atoms with Crippen LogP contribution in [0.1, 0.15) is 40.4 Å². The van der Waals surface area contributed by atoms with E-state index in [-0.39, 0.29) is 11.7 Å². The molecule has 1 aromatic heterocycles. The maximum atomic E-state index is 13.3. The monoisotopic (exact) mass is 432 g/mol. The molecule has 3 aromatic rings. The van der Waals surface area contributed by atoms with Crippen molar-refractivity contribution in [2.24, 2.45) is 13.0 Å². The molecule has 2 bridgehead atoms. The molecular formula is C26H29FN4O. The van der Waals surface area contributed by atoms with Crippen LogP contribution in [0.3, 0.4) is 0 Å². The quantitative estimate of drug-likeness (QED) is 0.659. The highest BCUT2D eigenvalue weighted by atomic mass is 19.1. The Morgan fingerprint density at radius 1 is 1.16 bits per heavy atom. The molecular weight excluding hydrogens is 403 g/mol. The summed E-state index contributed by atoms with van der Waals surface area (Å²) in [5, 5.41) is 7.85. The summed E-state index contributed by atoms with van der Waals surface area (Å²) in [6, 6.07) is 16.8. The minimum atomic E-state index is -0.234. The number of nitrogens with zero attached hydrogens (tertiary/aromatic N) is 3. The molecule has 3 saturated heterocycles. The Morgan fingerprint density at radius 2 is 1.91 bits per heavy atom. The highest BCUT2D eigenvalue weighted by Crippen LogP contribution is 2.42. The number of rotatable bonds is 5. The molecule has 1 amide bonds. The van der Waals surface area contributed by atoms with Crippen LogP contribution in [0.2, 0.25) is 0 Å². The summed E-state index contributed by atoms with van der Waals surface area (Å²) in [5.41, 5.74) is 4.93. The Kier molecular flexibility index (Phi) is 5.55. The third kappa shape index (κ3) is 4.07. The summed E-state index contributed by atoms with van der Waals surface area (Å²) in [6.45, 7) is 4.77. The van der Waals surface area contributed by atoms with Crippen molar-refractivity contribution in [1.29, 1.82) is 0 Å². The largest absolute Gasteiger partial charge is 0.350 e. The van der Waals surface area contributed by atoms with Crippen LogP contribution >= 0.6 is 0 Å². The van der Waals surface area contributed by atoms with E-state index in [0.717, 1.165) is 36.3 Å². The predicted octanol–water partition coefficient (Wildman–Crippen LogP) is 4.14. The average molecular weight is 433 g/mol. The van der Waals surface area contributed by atoms with Crippen LogP contribution in [0.25, 0.3) is 11.3 Å². The van der Waals surface area contributed by atoms with Gasteiger partial charge in [0, 0.05) is 48.9 Å². The molecule has 4 atom stereocenters. The van der Waals surface area contributed by atoms with Gasteiger partial charge in [-0.1, -0.05) is 17.7 Å². The summed E-state index contributed by atoms with van der Waals surface area (Å²) in [6.07, 6.45) is 2.25. The molecule has 6 rings (SSSR count). The molecule has 2 aromatic carbocycles. The number of benzene rings is 2. The second kappa shape index (κ2) is 8.51. The van der Waals surface area contributed by atoms with Crippen molar-refractivity contribution in [2.45, 2.75) is 31.7 Å². The van der Waals surface area contributed by atoms with Gasteiger partial charge in [0.25, 0.3) is 5.91 Å². The number of aryl methyl sites for hydroxylation is 2. The lowest BCUT2D eigenvalue weighted by Gasteiger charge is -2.50. The highest BCUT2D eigenvalue weighted by Gasteiger charge is 2.41. The molecule has 4 heterocycles. The molecule has 32 heavy (non-hydrogen) atoms. The molecule has 1 N–H and O–H groups in total. The number of halogens is 1. The summed E-state index contributed by atoms with van der Waals surface area (Å²) in [5.74, 6) is 0.778. The topological polar surface area (TPSA) is 50.2 Å². The maximum Gasteiger partial charge on any atom is 0.251 e. The van der Waals surface area contributed by atoms with E-state index in [2.05, 4.69) is 16.3 Å². The van der Waals surface area contributed by atoms with Crippen molar-refractivity contribution in [2.75, 3.05) is 19.6 Å². The van der Waals surface area contributed by atoms with Crippen LogP contribution in [0, 0.1) is 18.7 Å². The van der Waals surface area contributed by atoms with Gasteiger partial charge in [-0.05, 0) is 74.7 Å². The summed E-state index contributed by atoms with van der Waals surface area (Å²) in [4.78, 5) is 15.0. The number of hydrogen-bond acceptors (Lipinski definition) is 3. The number of carbonyl (C=O) groups is 1. The van der Waals surface area contributed by atoms with E-state index in [4.69, 9.17) is 5.10 Å². The van der Waals surface area contributed by atoms with Crippen LogP contribution in [0.15, 0.2) is 54.6 Å². The maximum absolute atomic E-state index is 13.3. The Hall–Kier alpha value is -2.99. The average Bonchev–Trinajstić information content (AvgIpc) is 3.20. The fourth-order valence-electron chi connectivity index (χ4n) is 5.29. The van der Waals surface area contributed by atoms with E-state index in [1.165, 1.54) is 24.2 Å². The van der Waals surface area contributed by atoms with Crippen molar-refractivity contribution < 1.29 is 9.18 Å². The first-order chi connectivity index (χ1) is 15.5. The van der Waals surface area contributed by atoms with E-state index < -0.39 is 0 Å². The van der Waals surface area contributed by atoms with E-state index in [0.29, 0.717) is 30.0 Å². The Bertz CT molecular complexity index is 1110. The van der Waals surface area contributed by atoms with E-state index in [1.54, 1.807) is 12.1 Å². The zero-order valence-electron chi connectivity index (χ0n) is 18.6. The fourth-order valence-corrected chi connectivity index (χ4v) is 5.29. The first-order valence-corrected chi connectivity index (χ1v) is 11.4. The SMILES string of the molecule is Cc1ccc(C(=O)NC[C@H]2C[C@@H]3CCN2C[C@@H]3c2cc(-c3ccc(F)cc3)nn2C)cc1. The summed E-state index contributed by atoms with van der Waals surface area (Å²) < 4.78 is 15.3. The van der Waals surface area contributed by atoms with Gasteiger partial charge in [0.2, 0.25) is 0 Å². The second-order valence-electron chi connectivity index (χ2n) is 9.20. The van der Waals surface area contributed by atoms with Gasteiger partial charge in [0.1, 0.15) is 5.82 Å². The fraction of sp³-hybridized carbons (Fsp3) is 0.385. The smallest absolute Gasteiger partial charge is 0.251 e. The first-order valence-electron chi connectivity index (χ1n) is 11.4. The van der Waals surface area contributed by atoms with Crippen LogP contribution < -0.4 is 5.32 Å². The van der Waals surface area contributed by atoms with Crippen molar-refractivity contribution >= 4 is 5.91 Å². The van der Waals surface area contributed by atoms with Crippen molar-refractivity contribution in [3.05, 3.63) is 77.2 Å². The van der Waals surface area contributed by atoms with Gasteiger partial charge < -0.3 is 5.32 Å². The van der Waals surface area contributed by atoms with Gasteiger partial charge in [0.15, 0.2) is 0 Å². The summed E-state index contributed by atoms with van der Waals surface area (Å²) >= 11 is 0. The van der Waals surface area contributed by atoms with Crippen LogP contribution in [0.4, 0.5) is 4.39 Å². The molecule has 3 aliphatic heterocycles. The minimum Gasteiger partial charge on any atom is -0.350 e. The molecule has 166 valence electrons. The predicted molar refractivity (Wildman–Crippen MR) is 123 cm³/mol. The van der Waals surface area contributed by atoms with Crippen LogP contribution in [-0.2, 0) is 7.05 Å². The molecule has 0 spiro atoms. The van der Waals surface area contributed by atoms with Crippen LogP contribution in [0.5, 0.6) is 0 Å².